The summed E-state index contributed by atoms with van der Waals surface area (Å²) in [5, 5.41) is 10.6. The number of hydrogen-bond donors (Lipinski definition) is 3. The van der Waals surface area contributed by atoms with Gasteiger partial charge in [-0.3, -0.25) is 37.3 Å². The molecule has 0 aromatic carbocycles. The number of carbonyl (C=O) groups excluding carboxylic acids is 4. The zero-order chi connectivity index (χ0) is 67.0. The number of phosphoric acid groups is 2. The fraction of sp³-hybridized carbons (Fsp3) is 0.944. The summed E-state index contributed by atoms with van der Waals surface area (Å²) < 4.78 is 68.2. The number of aliphatic hydroxyl groups excluding tert-OH is 1. The van der Waals surface area contributed by atoms with Crippen LogP contribution in [0.5, 0.6) is 0 Å². The van der Waals surface area contributed by atoms with Crippen LogP contribution in [-0.4, -0.2) is 96.7 Å². The van der Waals surface area contributed by atoms with E-state index >= 15 is 0 Å². The Balaban J connectivity index is 5.15. The molecule has 3 N–H and O–H groups in total. The van der Waals surface area contributed by atoms with Crippen LogP contribution in [0.4, 0.5) is 0 Å². The first-order valence-electron chi connectivity index (χ1n) is 37.7. The molecule has 0 saturated heterocycles. The minimum Gasteiger partial charge on any atom is -0.462 e. The van der Waals surface area contributed by atoms with Gasteiger partial charge in [0.25, 0.3) is 0 Å². The van der Waals surface area contributed by atoms with Gasteiger partial charge in [-0.05, 0) is 31.6 Å². The van der Waals surface area contributed by atoms with Crippen LogP contribution in [0.25, 0.3) is 0 Å². The third-order valence-corrected chi connectivity index (χ3v) is 19.0. The molecular weight excluding hydrogens is 1200 g/mol. The summed E-state index contributed by atoms with van der Waals surface area (Å²) in [7, 11) is -9.89. The highest BCUT2D eigenvalue weighted by Crippen LogP contribution is 2.45. The van der Waals surface area contributed by atoms with Crippen LogP contribution in [0.2, 0.25) is 0 Å². The standard InChI is InChI=1S/C72H140O17P2/c1-6-10-13-16-19-21-22-23-24-25-26-27-31-34-37-42-46-51-56-70(75)83-62-68(89-72(77)58-53-48-43-38-35-32-29-28-30-33-36-40-44-49-54-65(5)9-4)64-87-91(80,81)85-60-66(73)59-84-90(78,79)86-63-67(61-82-69(74)55-50-45-39-18-15-12-8-3)88-71(76)57-52-47-41-20-17-14-11-7-2/h65-68,73H,6-64H2,1-5H3,(H,78,79)(H,80,81)/t65?,66-,67+,68+/m0/s1. The van der Waals surface area contributed by atoms with Crippen LogP contribution in [-0.2, 0) is 65.4 Å². The van der Waals surface area contributed by atoms with Gasteiger partial charge in [0.2, 0.25) is 0 Å². The molecule has 3 unspecified atom stereocenters. The van der Waals surface area contributed by atoms with E-state index in [1.54, 1.807) is 0 Å². The average molecular weight is 1340 g/mol. The summed E-state index contributed by atoms with van der Waals surface area (Å²) in [5.41, 5.74) is 0. The molecule has 540 valence electrons. The molecule has 0 rings (SSSR count). The number of unbranched alkanes of at least 4 members (excludes halogenated alkanes) is 43. The van der Waals surface area contributed by atoms with Gasteiger partial charge in [-0.25, -0.2) is 9.13 Å². The Kier molecular flexibility index (Phi) is 64.0. The largest absolute Gasteiger partial charge is 0.472 e. The highest BCUT2D eigenvalue weighted by molar-refractivity contribution is 7.47. The van der Waals surface area contributed by atoms with Gasteiger partial charge in [-0.2, -0.15) is 0 Å². The Morgan fingerprint density at radius 3 is 0.780 bits per heavy atom. The van der Waals surface area contributed by atoms with Crippen molar-refractivity contribution in [2.75, 3.05) is 39.6 Å². The lowest BCUT2D eigenvalue weighted by Crippen LogP contribution is -2.30. The van der Waals surface area contributed by atoms with E-state index in [1.165, 1.54) is 180 Å². The highest BCUT2D eigenvalue weighted by Gasteiger charge is 2.30. The van der Waals surface area contributed by atoms with Gasteiger partial charge in [0.05, 0.1) is 26.4 Å². The third kappa shape index (κ3) is 65.1. The van der Waals surface area contributed by atoms with Crippen molar-refractivity contribution < 1.29 is 80.2 Å². The predicted octanol–water partition coefficient (Wildman–Crippen LogP) is 20.9. The van der Waals surface area contributed by atoms with E-state index < -0.39 is 97.5 Å². The van der Waals surface area contributed by atoms with Gasteiger partial charge < -0.3 is 33.8 Å². The number of rotatable bonds is 72. The van der Waals surface area contributed by atoms with Crippen LogP contribution in [0, 0.1) is 5.92 Å². The maximum atomic E-state index is 13.1. The van der Waals surface area contributed by atoms with Crippen molar-refractivity contribution in [2.24, 2.45) is 5.92 Å². The van der Waals surface area contributed by atoms with Crippen LogP contribution in [0.3, 0.4) is 0 Å². The zero-order valence-electron chi connectivity index (χ0n) is 59.0. The van der Waals surface area contributed by atoms with Gasteiger partial charge >= 0.3 is 39.5 Å². The summed E-state index contributed by atoms with van der Waals surface area (Å²) in [6, 6.07) is 0. The first-order chi connectivity index (χ1) is 44.1. The molecule has 0 aromatic heterocycles. The first kappa shape index (κ1) is 89.1. The van der Waals surface area contributed by atoms with E-state index in [9.17, 15) is 43.2 Å². The lowest BCUT2D eigenvalue weighted by atomic mass is 9.99. The molecule has 0 aliphatic rings. The van der Waals surface area contributed by atoms with Gasteiger partial charge in [-0.15, -0.1) is 0 Å². The van der Waals surface area contributed by atoms with Gasteiger partial charge in [-0.1, -0.05) is 324 Å². The van der Waals surface area contributed by atoms with Crippen molar-refractivity contribution in [1.29, 1.82) is 0 Å². The number of hydrogen-bond acceptors (Lipinski definition) is 15. The molecular formula is C72H140O17P2. The number of phosphoric ester groups is 2. The van der Waals surface area contributed by atoms with E-state index in [1.807, 2.05) is 0 Å². The second-order valence-corrected chi connectivity index (χ2v) is 29.1. The minimum absolute atomic E-state index is 0.105. The molecule has 19 heteroatoms. The average Bonchev–Trinajstić information content (AvgIpc) is 3.74. The summed E-state index contributed by atoms with van der Waals surface area (Å²) in [5.74, 6) is -1.28. The van der Waals surface area contributed by atoms with E-state index in [0.29, 0.717) is 25.7 Å². The van der Waals surface area contributed by atoms with Gasteiger partial charge in [0.15, 0.2) is 12.2 Å². The topological polar surface area (TPSA) is 237 Å². The predicted molar refractivity (Wildman–Crippen MR) is 368 cm³/mol. The molecule has 6 atom stereocenters. The molecule has 0 amide bonds. The second kappa shape index (κ2) is 65.4. The van der Waals surface area contributed by atoms with Crippen LogP contribution < -0.4 is 0 Å². The molecule has 0 aliphatic heterocycles. The lowest BCUT2D eigenvalue weighted by molar-refractivity contribution is -0.161. The van der Waals surface area contributed by atoms with Crippen molar-refractivity contribution >= 4 is 39.5 Å². The Labute approximate surface area is 556 Å². The van der Waals surface area contributed by atoms with Gasteiger partial charge in [0.1, 0.15) is 19.3 Å². The van der Waals surface area contributed by atoms with Crippen molar-refractivity contribution in [2.45, 2.75) is 393 Å². The maximum absolute atomic E-state index is 13.1. The fourth-order valence-corrected chi connectivity index (χ4v) is 12.5. The molecule has 0 saturated carbocycles. The zero-order valence-corrected chi connectivity index (χ0v) is 60.8. The van der Waals surface area contributed by atoms with E-state index in [4.69, 9.17) is 37.0 Å². The molecule has 91 heavy (non-hydrogen) atoms. The fourth-order valence-electron chi connectivity index (χ4n) is 11.0. The molecule has 0 aliphatic carbocycles. The maximum Gasteiger partial charge on any atom is 0.472 e. The van der Waals surface area contributed by atoms with E-state index in [2.05, 4.69) is 34.6 Å². The van der Waals surface area contributed by atoms with Crippen LogP contribution in [0.1, 0.15) is 375 Å². The molecule has 0 aromatic rings. The Morgan fingerprint density at radius 2 is 0.527 bits per heavy atom. The highest BCUT2D eigenvalue weighted by atomic mass is 31.2. The lowest BCUT2D eigenvalue weighted by Gasteiger charge is -2.21. The van der Waals surface area contributed by atoms with Gasteiger partial charge in [0, 0.05) is 25.7 Å². The Hall–Kier alpha value is -1.94. The molecule has 0 radical (unpaired) electrons. The quantitative estimate of drug-likeness (QED) is 0.0222. The van der Waals surface area contributed by atoms with Crippen molar-refractivity contribution in [1.82, 2.24) is 0 Å². The van der Waals surface area contributed by atoms with Crippen molar-refractivity contribution in [3.63, 3.8) is 0 Å². The van der Waals surface area contributed by atoms with E-state index in [0.717, 1.165) is 115 Å². The van der Waals surface area contributed by atoms with E-state index in [-0.39, 0.29) is 25.7 Å². The van der Waals surface area contributed by atoms with Crippen molar-refractivity contribution in [3.8, 4) is 0 Å². The summed E-state index contributed by atoms with van der Waals surface area (Å²) in [6.45, 7) is 7.24. The van der Waals surface area contributed by atoms with Crippen LogP contribution in [0.15, 0.2) is 0 Å². The Bertz CT molecular complexity index is 1760. The molecule has 0 heterocycles. The SMILES string of the molecule is CCCCCCCCCCCCCCCCCCCCC(=O)OC[C@H](COP(=O)(O)OC[C@@H](O)COP(=O)(O)OC[C@@H](COC(=O)CCCCCCCCC)OC(=O)CCCCCCCCCC)OC(=O)CCCCCCCCCCCCCCCCC(C)CC. The number of esters is 4. The number of carbonyl (C=O) groups is 4. The smallest absolute Gasteiger partial charge is 0.462 e. The minimum atomic E-state index is -4.95. The summed E-state index contributed by atoms with van der Waals surface area (Å²) in [4.78, 5) is 72.4. The molecule has 0 spiro atoms. The third-order valence-electron chi connectivity index (χ3n) is 17.1. The monoisotopic (exact) mass is 1340 g/mol. The molecule has 0 fully saturated rings. The second-order valence-electron chi connectivity index (χ2n) is 26.2. The van der Waals surface area contributed by atoms with Crippen molar-refractivity contribution in [3.05, 3.63) is 0 Å². The normalized spacial score (nSPS) is 14.3. The number of ether oxygens (including phenoxy) is 4. The first-order valence-corrected chi connectivity index (χ1v) is 40.7. The Morgan fingerprint density at radius 1 is 0.308 bits per heavy atom. The van der Waals surface area contributed by atoms with Crippen LogP contribution >= 0.6 is 15.6 Å². The molecule has 0 bridgehead atoms. The summed E-state index contributed by atoms with van der Waals surface area (Å²) >= 11 is 0. The summed E-state index contributed by atoms with van der Waals surface area (Å²) in [6.07, 6.45) is 53.0. The molecule has 17 nitrogen and oxygen atoms in total. The number of aliphatic hydroxyl groups is 1.